The van der Waals surface area contributed by atoms with E-state index in [2.05, 4.69) is 38.5 Å². The summed E-state index contributed by atoms with van der Waals surface area (Å²) in [5.74, 6) is -0.135. The molecule has 0 radical (unpaired) electrons. The van der Waals surface area contributed by atoms with Gasteiger partial charge in [0.2, 0.25) is 0 Å². The minimum Gasteiger partial charge on any atom is -0.207 e. The molecule has 0 aliphatic carbocycles. The lowest BCUT2D eigenvalue weighted by Gasteiger charge is -1.99. The zero-order chi connectivity index (χ0) is 7.56. The predicted octanol–water partition coefficient (Wildman–Crippen LogP) is 3.52. The van der Waals surface area contributed by atoms with E-state index in [0.29, 0.717) is 4.43 Å². The smallest absolute Gasteiger partial charge is 0.128 e. The maximum absolute atomic E-state index is 12.8. The Balaban J connectivity index is 3.17. The van der Waals surface area contributed by atoms with Crippen LogP contribution < -0.4 is 0 Å². The van der Waals surface area contributed by atoms with Crippen LogP contribution in [-0.2, 0) is 4.43 Å². The lowest BCUT2D eigenvalue weighted by molar-refractivity contribution is 0.617. The molecule has 0 atom stereocenters. The summed E-state index contributed by atoms with van der Waals surface area (Å²) in [4.78, 5) is 0. The molecule has 0 aliphatic heterocycles. The second kappa shape index (κ2) is 3.67. The van der Waals surface area contributed by atoms with Crippen LogP contribution in [0.15, 0.2) is 22.7 Å². The van der Waals surface area contributed by atoms with Crippen LogP contribution in [-0.4, -0.2) is 0 Å². The molecular formula is C7H5BrFI. The normalized spacial score (nSPS) is 9.90. The molecular weight excluding hydrogens is 310 g/mol. The minimum absolute atomic E-state index is 0.135. The summed E-state index contributed by atoms with van der Waals surface area (Å²) in [6, 6.07) is 5.01. The van der Waals surface area contributed by atoms with Crippen LogP contribution in [0.1, 0.15) is 5.56 Å². The van der Waals surface area contributed by atoms with Gasteiger partial charge in [0.25, 0.3) is 0 Å². The lowest BCUT2D eigenvalue weighted by atomic mass is 10.2. The van der Waals surface area contributed by atoms with Crippen LogP contribution in [0.25, 0.3) is 0 Å². The van der Waals surface area contributed by atoms with E-state index in [-0.39, 0.29) is 5.82 Å². The lowest BCUT2D eigenvalue weighted by Crippen LogP contribution is -1.85. The molecule has 0 aliphatic rings. The first kappa shape index (κ1) is 8.46. The maximum atomic E-state index is 12.8. The molecule has 0 heterocycles. The minimum atomic E-state index is -0.135. The fourth-order valence-corrected chi connectivity index (χ4v) is 2.44. The molecule has 0 spiro atoms. The van der Waals surface area contributed by atoms with E-state index in [1.807, 2.05) is 6.07 Å². The molecule has 3 heteroatoms. The van der Waals surface area contributed by atoms with Gasteiger partial charge in [0, 0.05) is 14.5 Å². The average Bonchev–Trinajstić information content (AvgIpc) is 1.88. The van der Waals surface area contributed by atoms with E-state index in [0.717, 1.165) is 10.0 Å². The summed E-state index contributed by atoms with van der Waals surface area (Å²) in [6.07, 6.45) is 0. The molecule has 0 saturated heterocycles. The maximum Gasteiger partial charge on any atom is 0.128 e. The Labute approximate surface area is 81.1 Å². The van der Waals surface area contributed by atoms with E-state index in [4.69, 9.17) is 0 Å². The molecule has 0 unspecified atom stereocenters. The molecule has 0 N–H and O–H groups in total. The summed E-state index contributed by atoms with van der Waals surface area (Å²) < 4.78 is 14.4. The first-order valence-corrected chi connectivity index (χ1v) is 5.06. The highest BCUT2D eigenvalue weighted by Gasteiger charge is 2.02. The van der Waals surface area contributed by atoms with Gasteiger partial charge >= 0.3 is 0 Å². The SMILES string of the molecule is Fc1cccc(Br)c1CI. The Kier molecular flexibility index (Phi) is 3.10. The van der Waals surface area contributed by atoms with Crippen molar-refractivity contribution in [3.63, 3.8) is 0 Å². The Morgan fingerprint density at radius 2 is 2.20 bits per heavy atom. The topological polar surface area (TPSA) is 0 Å². The van der Waals surface area contributed by atoms with Crippen LogP contribution in [0.5, 0.6) is 0 Å². The van der Waals surface area contributed by atoms with Gasteiger partial charge in [0.05, 0.1) is 0 Å². The van der Waals surface area contributed by atoms with Gasteiger partial charge in [-0.15, -0.1) is 0 Å². The van der Waals surface area contributed by atoms with Crippen molar-refractivity contribution in [2.45, 2.75) is 4.43 Å². The largest absolute Gasteiger partial charge is 0.207 e. The fourth-order valence-electron chi connectivity index (χ4n) is 0.660. The predicted molar refractivity (Wildman–Crippen MR) is 51.8 cm³/mol. The third-order valence-corrected chi connectivity index (χ3v) is 2.70. The molecule has 0 fully saturated rings. The van der Waals surface area contributed by atoms with Crippen molar-refractivity contribution in [3.05, 3.63) is 34.1 Å². The number of halogens is 3. The van der Waals surface area contributed by atoms with Gasteiger partial charge in [0.1, 0.15) is 5.82 Å². The fraction of sp³-hybridized carbons (Fsp3) is 0.143. The molecule has 1 aromatic carbocycles. The first-order valence-electron chi connectivity index (χ1n) is 2.74. The van der Waals surface area contributed by atoms with Crippen LogP contribution in [0.4, 0.5) is 4.39 Å². The van der Waals surface area contributed by atoms with E-state index < -0.39 is 0 Å². The number of hydrogen-bond acceptors (Lipinski definition) is 0. The highest BCUT2D eigenvalue weighted by Crippen LogP contribution is 2.21. The van der Waals surface area contributed by atoms with Gasteiger partial charge in [-0.25, -0.2) is 4.39 Å². The van der Waals surface area contributed by atoms with E-state index >= 15 is 0 Å². The Bertz CT molecular complexity index is 217. The monoisotopic (exact) mass is 314 g/mol. The van der Waals surface area contributed by atoms with Gasteiger partial charge in [-0.3, -0.25) is 0 Å². The van der Waals surface area contributed by atoms with Gasteiger partial charge in [-0.05, 0) is 12.1 Å². The molecule has 0 nitrogen and oxygen atoms in total. The molecule has 1 aromatic rings. The first-order chi connectivity index (χ1) is 4.75. The van der Waals surface area contributed by atoms with Crippen molar-refractivity contribution in [1.29, 1.82) is 0 Å². The van der Waals surface area contributed by atoms with Crippen molar-refractivity contribution in [3.8, 4) is 0 Å². The standard InChI is InChI=1S/C7H5BrFI/c8-6-2-1-3-7(9)5(6)4-10/h1-3H,4H2. The third kappa shape index (κ3) is 1.69. The Morgan fingerprint density at radius 3 is 2.60 bits per heavy atom. The molecule has 0 bridgehead atoms. The molecule has 1 rings (SSSR count). The molecule has 0 saturated carbocycles. The number of alkyl halides is 1. The summed E-state index contributed by atoms with van der Waals surface area (Å²) in [7, 11) is 0. The molecule has 0 amide bonds. The van der Waals surface area contributed by atoms with Crippen molar-refractivity contribution in [2.24, 2.45) is 0 Å². The highest BCUT2D eigenvalue weighted by molar-refractivity contribution is 14.1. The summed E-state index contributed by atoms with van der Waals surface area (Å²) in [5, 5.41) is 0. The van der Waals surface area contributed by atoms with Crippen molar-refractivity contribution >= 4 is 38.5 Å². The van der Waals surface area contributed by atoms with Crippen molar-refractivity contribution in [2.75, 3.05) is 0 Å². The van der Waals surface area contributed by atoms with Crippen molar-refractivity contribution < 1.29 is 4.39 Å². The van der Waals surface area contributed by atoms with E-state index in [9.17, 15) is 4.39 Å². The molecule has 0 aromatic heterocycles. The Hall–Kier alpha value is 0.360. The highest BCUT2D eigenvalue weighted by atomic mass is 127. The van der Waals surface area contributed by atoms with Crippen molar-refractivity contribution in [1.82, 2.24) is 0 Å². The number of rotatable bonds is 1. The summed E-state index contributed by atoms with van der Waals surface area (Å²) in [6.45, 7) is 0. The average molecular weight is 315 g/mol. The second-order valence-corrected chi connectivity index (χ2v) is 3.45. The van der Waals surface area contributed by atoms with E-state index in [1.165, 1.54) is 6.07 Å². The van der Waals surface area contributed by atoms with Gasteiger partial charge < -0.3 is 0 Å². The third-order valence-electron chi connectivity index (χ3n) is 1.20. The second-order valence-electron chi connectivity index (χ2n) is 1.83. The summed E-state index contributed by atoms with van der Waals surface area (Å²) >= 11 is 5.40. The number of benzene rings is 1. The Morgan fingerprint density at radius 1 is 1.50 bits per heavy atom. The number of hydrogen-bond donors (Lipinski definition) is 0. The van der Waals surface area contributed by atoms with Gasteiger partial charge in [-0.1, -0.05) is 44.6 Å². The van der Waals surface area contributed by atoms with Crippen LogP contribution in [0.2, 0.25) is 0 Å². The zero-order valence-corrected chi connectivity index (χ0v) is 8.82. The molecule has 10 heavy (non-hydrogen) atoms. The van der Waals surface area contributed by atoms with Crippen LogP contribution in [0.3, 0.4) is 0 Å². The van der Waals surface area contributed by atoms with Crippen LogP contribution in [0, 0.1) is 5.82 Å². The zero-order valence-electron chi connectivity index (χ0n) is 5.07. The molecule has 54 valence electrons. The van der Waals surface area contributed by atoms with E-state index in [1.54, 1.807) is 6.07 Å². The summed E-state index contributed by atoms with van der Waals surface area (Å²) in [5.41, 5.74) is 0.739. The van der Waals surface area contributed by atoms with Gasteiger partial charge in [0.15, 0.2) is 0 Å². The van der Waals surface area contributed by atoms with Gasteiger partial charge in [-0.2, -0.15) is 0 Å². The van der Waals surface area contributed by atoms with Crippen LogP contribution >= 0.6 is 38.5 Å². The quantitative estimate of drug-likeness (QED) is 0.549.